The van der Waals surface area contributed by atoms with Crippen molar-refractivity contribution in [1.29, 1.82) is 0 Å². The van der Waals surface area contributed by atoms with Gasteiger partial charge >= 0.3 is 6.03 Å². The molecule has 0 aliphatic rings. The van der Waals surface area contributed by atoms with Gasteiger partial charge in [-0.1, -0.05) is 18.2 Å². The van der Waals surface area contributed by atoms with Crippen LogP contribution in [0.2, 0.25) is 0 Å². The standard InChI is InChI=1S/C9H9N3O2/c10-9(13)12-11-8-5-6-3-1-2-4-7(6)14-8/h1-5,11H,(H3,10,12,13). The van der Waals surface area contributed by atoms with Gasteiger partial charge in [-0.2, -0.15) is 0 Å². The van der Waals surface area contributed by atoms with Crippen LogP contribution in [-0.2, 0) is 0 Å². The van der Waals surface area contributed by atoms with E-state index in [9.17, 15) is 4.79 Å². The fourth-order valence-electron chi connectivity index (χ4n) is 1.17. The Hall–Kier alpha value is -2.17. The average molecular weight is 191 g/mol. The number of hydrazine groups is 1. The molecular formula is C9H9N3O2. The lowest BCUT2D eigenvalue weighted by Crippen LogP contribution is -2.33. The van der Waals surface area contributed by atoms with Gasteiger partial charge in [0.2, 0.25) is 5.88 Å². The summed E-state index contributed by atoms with van der Waals surface area (Å²) in [5.41, 5.74) is 10.4. The summed E-state index contributed by atoms with van der Waals surface area (Å²) in [7, 11) is 0. The van der Waals surface area contributed by atoms with E-state index >= 15 is 0 Å². The number of hydrogen-bond donors (Lipinski definition) is 3. The number of fused-ring (bicyclic) bond motifs is 1. The van der Waals surface area contributed by atoms with Crippen LogP contribution in [0.1, 0.15) is 0 Å². The zero-order valence-electron chi connectivity index (χ0n) is 7.28. The van der Waals surface area contributed by atoms with Crippen molar-refractivity contribution in [3.8, 4) is 0 Å². The van der Waals surface area contributed by atoms with Crippen molar-refractivity contribution in [1.82, 2.24) is 5.43 Å². The van der Waals surface area contributed by atoms with E-state index in [1.165, 1.54) is 0 Å². The number of nitrogens with two attached hydrogens (primary N) is 1. The maximum Gasteiger partial charge on any atom is 0.330 e. The Morgan fingerprint density at radius 2 is 2.14 bits per heavy atom. The maximum atomic E-state index is 10.4. The number of urea groups is 1. The van der Waals surface area contributed by atoms with E-state index in [1.807, 2.05) is 24.3 Å². The highest BCUT2D eigenvalue weighted by atomic mass is 16.4. The van der Waals surface area contributed by atoms with E-state index in [4.69, 9.17) is 10.2 Å². The molecule has 72 valence electrons. The molecule has 0 saturated heterocycles. The molecule has 0 radical (unpaired) electrons. The van der Waals surface area contributed by atoms with Gasteiger partial charge in [-0.05, 0) is 6.07 Å². The minimum absolute atomic E-state index is 0.449. The number of hydrogen-bond acceptors (Lipinski definition) is 3. The lowest BCUT2D eigenvalue weighted by molar-refractivity contribution is 0.250. The van der Waals surface area contributed by atoms with Crippen LogP contribution in [0.4, 0.5) is 10.7 Å². The van der Waals surface area contributed by atoms with Crippen LogP contribution in [0.3, 0.4) is 0 Å². The molecule has 1 heterocycles. The van der Waals surface area contributed by atoms with Crippen molar-refractivity contribution < 1.29 is 9.21 Å². The summed E-state index contributed by atoms with van der Waals surface area (Å²) >= 11 is 0. The predicted molar refractivity (Wildman–Crippen MR) is 52.6 cm³/mol. The van der Waals surface area contributed by atoms with Crippen molar-refractivity contribution in [2.24, 2.45) is 5.73 Å². The van der Waals surface area contributed by atoms with Gasteiger partial charge in [0, 0.05) is 11.5 Å². The molecule has 5 nitrogen and oxygen atoms in total. The Morgan fingerprint density at radius 1 is 1.36 bits per heavy atom. The molecule has 4 N–H and O–H groups in total. The number of rotatable bonds is 2. The van der Waals surface area contributed by atoms with Crippen molar-refractivity contribution >= 4 is 22.9 Å². The second-order valence-corrected chi connectivity index (χ2v) is 2.76. The van der Waals surface area contributed by atoms with E-state index in [1.54, 1.807) is 6.07 Å². The summed E-state index contributed by atoms with van der Waals surface area (Å²) in [5.74, 6) is 0.449. The zero-order valence-corrected chi connectivity index (χ0v) is 7.28. The monoisotopic (exact) mass is 191 g/mol. The molecule has 2 aromatic rings. The average Bonchev–Trinajstić information content (AvgIpc) is 2.57. The van der Waals surface area contributed by atoms with Crippen molar-refractivity contribution in [3.05, 3.63) is 30.3 Å². The molecule has 2 rings (SSSR count). The van der Waals surface area contributed by atoms with Crippen LogP contribution < -0.4 is 16.6 Å². The molecular weight excluding hydrogens is 182 g/mol. The minimum atomic E-state index is -0.662. The molecule has 2 amide bonds. The minimum Gasteiger partial charge on any atom is -0.439 e. The molecule has 0 atom stereocenters. The van der Waals surface area contributed by atoms with Crippen LogP contribution in [0, 0.1) is 0 Å². The normalized spacial score (nSPS) is 10.0. The first-order valence-electron chi connectivity index (χ1n) is 4.06. The largest absolute Gasteiger partial charge is 0.439 e. The van der Waals surface area contributed by atoms with Gasteiger partial charge in [0.1, 0.15) is 5.58 Å². The van der Waals surface area contributed by atoms with E-state index < -0.39 is 6.03 Å². The summed E-state index contributed by atoms with van der Waals surface area (Å²) in [4.78, 5) is 10.4. The SMILES string of the molecule is NC(=O)NNc1cc2ccccc2o1. The molecule has 0 aliphatic heterocycles. The Morgan fingerprint density at radius 3 is 2.86 bits per heavy atom. The fraction of sp³-hybridized carbons (Fsp3) is 0. The third-order valence-corrected chi connectivity index (χ3v) is 1.73. The third-order valence-electron chi connectivity index (χ3n) is 1.73. The van der Waals surface area contributed by atoms with Gasteiger partial charge in [0.25, 0.3) is 0 Å². The number of amides is 2. The Labute approximate surface area is 79.8 Å². The first-order valence-corrected chi connectivity index (χ1v) is 4.06. The molecule has 0 spiro atoms. The highest BCUT2D eigenvalue weighted by molar-refractivity contribution is 5.81. The molecule has 1 aromatic carbocycles. The lowest BCUT2D eigenvalue weighted by Gasteiger charge is -1.99. The van der Waals surface area contributed by atoms with Gasteiger partial charge < -0.3 is 10.2 Å². The summed E-state index contributed by atoms with van der Waals surface area (Å²) in [6, 6.07) is 8.63. The maximum absolute atomic E-state index is 10.4. The predicted octanol–water partition coefficient (Wildman–Crippen LogP) is 1.43. The topological polar surface area (TPSA) is 80.3 Å². The molecule has 0 bridgehead atoms. The second-order valence-electron chi connectivity index (χ2n) is 2.76. The third kappa shape index (κ3) is 1.61. The first kappa shape index (κ1) is 8.43. The van der Waals surface area contributed by atoms with Gasteiger partial charge in [-0.25, -0.2) is 10.2 Å². The van der Waals surface area contributed by atoms with E-state index in [0.29, 0.717) is 5.88 Å². The van der Waals surface area contributed by atoms with E-state index in [-0.39, 0.29) is 0 Å². The fourth-order valence-corrected chi connectivity index (χ4v) is 1.17. The van der Waals surface area contributed by atoms with Gasteiger partial charge in [0.15, 0.2) is 0 Å². The van der Waals surface area contributed by atoms with Crippen LogP contribution in [-0.4, -0.2) is 6.03 Å². The molecule has 0 unspecified atom stereocenters. The molecule has 5 heteroatoms. The van der Waals surface area contributed by atoms with E-state index in [2.05, 4.69) is 10.9 Å². The summed E-state index contributed by atoms with van der Waals surface area (Å²) < 4.78 is 5.34. The number of benzene rings is 1. The second kappa shape index (κ2) is 3.29. The smallest absolute Gasteiger partial charge is 0.330 e. The van der Waals surface area contributed by atoms with Crippen molar-refractivity contribution in [2.45, 2.75) is 0 Å². The van der Waals surface area contributed by atoms with Crippen LogP contribution in [0.25, 0.3) is 11.0 Å². The number of carbonyl (C=O) groups is 1. The Balaban J connectivity index is 2.22. The van der Waals surface area contributed by atoms with Crippen LogP contribution in [0.5, 0.6) is 0 Å². The highest BCUT2D eigenvalue weighted by Crippen LogP contribution is 2.21. The van der Waals surface area contributed by atoms with Gasteiger partial charge in [-0.3, -0.25) is 5.43 Å². The molecule has 0 aliphatic carbocycles. The highest BCUT2D eigenvalue weighted by Gasteiger charge is 2.01. The number of primary amides is 1. The Bertz CT molecular complexity index is 431. The van der Waals surface area contributed by atoms with Crippen molar-refractivity contribution in [2.75, 3.05) is 5.43 Å². The molecule has 1 aromatic heterocycles. The first-order chi connectivity index (χ1) is 6.75. The molecule has 0 saturated carbocycles. The van der Waals surface area contributed by atoms with Gasteiger partial charge in [-0.15, -0.1) is 0 Å². The molecule has 0 fully saturated rings. The zero-order chi connectivity index (χ0) is 9.97. The summed E-state index contributed by atoms with van der Waals surface area (Å²) in [6.45, 7) is 0. The van der Waals surface area contributed by atoms with Crippen molar-refractivity contribution in [3.63, 3.8) is 0 Å². The van der Waals surface area contributed by atoms with E-state index in [0.717, 1.165) is 11.0 Å². The summed E-state index contributed by atoms with van der Waals surface area (Å²) in [5, 5.41) is 0.960. The number of furan rings is 1. The number of anilines is 1. The lowest BCUT2D eigenvalue weighted by atomic mass is 10.3. The Kier molecular flexibility index (Phi) is 1.98. The van der Waals surface area contributed by atoms with Gasteiger partial charge in [0.05, 0.1) is 0 Å². The quantitative estimate of drug-likeness (QED) is 0.628. The van der Waals surface area contributed by atoms with Crippen LogP contribution >= 0.6 is 0 Å². The number of carbonyl (C=O) groups excluding carboxylic acids is 1. The number of para-hydroxylation sites is 1. The number of nitrogens with one attached hydrogen (secondary N) is 2. The molecule has 14 heavy (non-hydrogen) atoms. The van der Waals surface area contributed by atoms with Crippen LogP contribution in [0.15, 0.2) is 34.7 Å². The summed E-state index contributed by atoms with van der Waals surface area (Å²) in [6.07, 6.45) is 0.